The van der Waals surface area contributed by atoms with E-state index in [1.54, 1.807) is 30.0 Å². The summed E-state index contributed by atoms with van der Waals surface area (Å²) < 4.78 is 6.84. The minimum atomic E-state index is -0.483. The zero-order valence-electron chi connectivity index (χ0n) is 15.8. The average Bonchev–Trinajstić information content (AvgIpc) is 3.22. The molecule has 0 atom stereocenters. The molecular weight excluding hydrogens is 423 g/mol. The molecule has 4 rings (SSSR count). The number of methoxy groups -OCH3 is 1. The van der Waals surface area contributed by atoms with Crippen molar-refractivity contribution in [1.82, 2.24) is 14.8 Å². The zero-order chi connectivity index (χ0) is 21.1. The smallest absolute Gasteiger partial charge is 0.295 e. The normalized spacial score (nSPS) is 10.6. The lowest BCUT2D eigenvalue weighted by molar-refractivity contribution is 0.101. The van der Waals surface area contributed by atoms with Gasteiger partial charge in [-0.1, -0.05) is 53.5 Å². The molecule has 30 heavy (non-hydrogen) atoms. The maximum atomic E-state index is 12.8. The number of hydrogen-bond acceptors (Lipinski definition) is 4. The fourth-order valence-corrected chi connectivity index (χ4v) is 3.31. The molecule has 0 aliphatic carbocycles. The van der Waals surface area contributed by atoms with E-state index in [-0.39, 0.29) is 5.82 Å². The highest BCUT2D eigenvalue weighted by Gasteiger charge is 2.19. The molecule has 1 heterocycles. The van der Waals surface area contributed by atoms with Gasteiger partial charge >= 0.3 is 0 Å². The number of nitrogens with zero attached hydrogens (tertiary/aromatic N) is 3. The molecule has 0 saturated carbocycles. The van der Waals surface area contributed by atoms with E-state index < -0.39 is 5.91 Å². The Labute approximate surface area is 183 Å². The number of amides is 1. The number of ether oxygens (including phenoxy) is 1. The van der Waals surface area contributed by atoms with E-state index in [0.29, 0.717) is 21.6 Å². The fraction of sp³-hybridized carbons (Fsp3) is 0.0455. The summed E-state index contributed by atoms with van der Waals surface area (Å²) in [4.78, 5) is 17.3. The Bertz CT molecular complexity index is 1190. The van der Waals surface area contributed by atoms with Crippen molar-refractivity contribution in [3.05, 3.63) is 88.7 Å². The highest BCUT2D eigenvalue weighted by molar-refractivity contribution is 6.36. The predicted octanol–water partition coefficient (Wildman–Crippen LogP) is 5.50. The van der Waals surface area contributed by atoms with Gasteiger partial charge in [0.15, 0.2) is 5.82 Å². The van der Waals surface area contributed by atoms with Gasteiger partial charge in [0, 0.05) is 10.6 Å². The van der Waals surface area contributed by atoms with Crippen molar-refractivity contribution in [2.45, 2.75) is 0 Å². The third kappa shape index (κ3) is 4.15. The first kappa shape index (κ1) is 19.9. The van der Waals surface area contributed by atoms with E-state index in [9.17, 15) is 4.79 Å². The molecular formula is C22H16Cl2N4O2. The predicted molar refractivity (Wildman–Crippen MR) is 118 cm³/mol. The van der Waals surface area contributed by atoms with E-state index in [2.05, 4.69) is 15.4 Å². The van der Waals surface area contributed by atoms with Crippen LogP contribution in [0.4, 0.5) is 5.69 Å². The van der Waals surface area contributed by atoms with Gasteiger partial charge in [0.1, 0.15) is 5.75 Å². The van der Waals surface area contributed by atoms with Crippen LogP contribution in [-0.2, 0) is 0 Å². The van der Waals surface area contributed by atoms with Gasteiger partial charge in [-0.25, -0.2) is 9.67 Å². The Morgan fingerprint density at radius 1 is 1.00 bits per heavy atom. The molecule has 0 fully saturated rings. The second-order valence-corrected chi connectivity index (χ2v) is 7.16. The lowest BCUT2D eigenvalue weighted by Crippen LogP contribution is -2.14. The van der Waals surface area contributed by atoms with E-state index >= 15 is 0 Å². The third-order valence-corrected chi connectivity index (χ3v) is 4.89. The first-order valence-corrected chi connectivity index (χ1v) is 9.74. The summed E-state index contributed by atoms with van der Waals surface area (Å²) >= 11 is 12.1. The maximum absolute atomic E-state index is 12.8. The first-order valence-electron chi connectivity index (χ1n) is 8.98. The van der Waals surface area contributed by atoms with Crippen molar-refractivity contribution in [3.63, 3.8) is 0 Å². The summed E-state index contributed by atoms with van der Waals surface area (Å²) in [5.41, 5.74) is 1.99. The molecule has 0 bridgehead atoms. The van der Waals surface area contributed by atoms with Crippen LogP contribution in [0, 0.1) is 0 Å². The van der Waals surface area contributed by atoms with Crippen LogP contribution < -0.4 is 10.1 Å². The summed E-state index contributed by atoms with van der Waals surface area (Å²) in [5.74, 6) is 0.781. The lowest BCUT2D eigenvalue weighted by atomic mass is 10.2. The molecule has 0 saturated heterocycles. The van der Waals surface area contributed by atoms with Crippen LogP contribution in [-0.4, -0.2) is 27.8 Å². The number of aromatic nitrogens is 3. The number of halogens is 2. The minimum Gasteiger partial charge on any atom is -0.497 e. The molecule has 4 aromatic rings. The van der Waals surface area contributed by atoms with E-state index in [0.717, 1.165) is 17.0 Å². The standard InChI is InChI=1S/C22H16Cl2N4O2/c1-30-17-10-8-16(9-11-17)28-21(14-5-3-2-4-6-14)26-20(27-28)22(29)25-19-12-7-15(23)13-18(19)24/h2-13H,1H3,(H,25,29). The number of hydrogen-bond donors (Lipinski definition) is 1. The van der Waals surface area contributed by atoms with Gasteiger partial charge in [0.05, 0.1) is 23.5 Å². The van der Waals surface area contributed by atoms with Gasteiger partial charge < -0.3 is 10.1 Å². The maximum Gasteiger partial charge on any atom is 0.295 e. The zero-order valence-corrected chi connectivity index (χ0v) is 17.4. The highest BCUT2D eigenvalue weighted by Crippen LogP contribution is 2.27. The molecule has 6 nitrogen and oxygen atoms in total. The third-order valence-electron chi connectivity index (χ3n) is 4.34. The Kier molecular flexibility index (Phi) is 5.70. The van der Waals surface area contributed by atoms with Crippen LogP contribution in [0.5, 0.6) is 5.75 Å². The van der Waals surface area contributed by atoms with E-state index in [4.69, 9.17) is 27.9 Å². The van der Waals surface area contributed by atoms with Gasteiger partial charge in [0.2, 0.25) is 5.82 Å². The molecule has 0 radical (unpaired) electrons. The van der Waals surface area contributed by atoms with Crippen molar-refractivity contribution < 1.29 is 9.53 Å². The molecule has 8 heteroatoms. The van der Waals surface area contributed by atoms with Crippen molar-refractivity contribution in [2.75, 3.05) is 12.4 Å². The molecule has 0 aliphatic heterocycles. The SMILES string of the molecule is COc1ccc(-n2nc(C(=O)Nc3ccc(Cl)cc3Cl)nc2-c2ccccc2)cc1. The second kappa shape index (κ2) is 8.57. The van der Waals surface area contributed by atoms with E-state index in [1.165, 1.54) is 0 Å². The fourth-order valence-electron chi connectivity index (χ4n) is 2.85. The summed E-state index contributed by atoms with van der Waals surface area (Å²) in [5, 5.41) is 7.97. The molecule has 3 aromatic carbocycles. The van der Waals surface area contributed by atoms with Crippen LogP contribution >= 0.6 is 23.2 Å². The lowest BCUT2D eigenvalue weighted by Gasteiger charge is -2.07. The Balaban J connectivity index is 1.73. The largest absolute Gasteiger partial charge is 0.497 e. The Morgan fingerprint density at radius 2 is 1.73 bits per heavy atom. The van der Waals surface area contributed by atoms with Crippen LogP contribution in [0.1, 0.15) is 10.6 Å². The van der Waals surface area contributed by atoms with Crippen molar-refractivity contribution in [1.29, 1.82) is 0 Å². The summed E-state index contributed by atoms with van der Waals surface area (Å²) in [6, 6.07) is 21.7. The van der Waals surface area contributed by atoms with Gasteiger partial charge in [0.25, 0.3) is 5.91 Å². The molecule has 0 unspecified atom stereocenters. The number of carbonyl (C=O) groups is 1. The van der Waals surface area contributed by atoms with Crippen molar-refractivity contribution in [2.24, 2.45) is 0 Å². The molecule has 1 N–H and O–H groups in total. The Hall–Kier alpha value is -3.35. The quantitative estimate of drug-likeness (QED) is 0.446. The topological polar surface area (TPSA) is 69.0 Å². The average molecular weight is 439 g/mol. The van der Waals surface area contributed by atoms with Gasteiger partial charge in [-0.3, -0.25) is 4.79 Å². The number of rotatable bonds is 5. The number of benzene rings is 3. The molecule has 150 valence electrons. The van der Waals surface area contributed by atoms with Gasteiger partial charge in [-0.2, -0.15) is 0 Å². The second-order valence-electron chi connectivity index (χ2n) is 6.31. The Morgan fingerprint density at radius 3 is 2.40 bits per heavy atom. The van der Waals surface area contributed by atoms with Crippen LogP contribution in [0.3, 0.4) is 0 Å². The van der Waals surface area contributed by atoms with Gasteiger partial charge in [-0.05, 0) is 42.5 Å². The van der Waals surface area contributed by atoms with Crippen molar-refractivity contribution in [3.8, 4) is 22.8 Å². The highest BCUT2D eigenvalue weighted by atomic mass is 35.5. The first-order chi connectivity index (χ1) is 14.5. The van der Waals surface area contributed by atoms with Crippen LogP contribution in [0.25, 0.3) is 17.1 Å². The summed E-state index contributed by atoms with van der Waals surface area (Å²) in [6.07, 6.45) is 0. The summed E-state index contributed by atoms with van der Waals surface area (Å²) in [6.45, 7) is 0. The monoisotopic (exact) mass is 438 g/mol. The molecule has 0 aliphatic rings. The number of carbonyl (C=O) groups excluding carboxylic acids is 1. The molecule has 1 amide bonds. The summed E-state index contributed by atoms with van der Waals surface area (Å²) in [7, 11) is 1.60. The van der Waals surface area contributed by atoms with E-state index in [1.807, 2.05) is 54.6 Å². The van der Waals surface area contributed by atoms with Gasteiger partial charge in [-0.15, -0.1) is 5.10 Å². The minimum absolute atomic E-state index is 0.00990. The van der Waals surface area contributed by atoms with Crippen LogP contribution in [0.15, 0.2) is 72.8 Å². The van der Waals surface area contributed by atoms with Crippen molar-refractivity contribution >= 4 is 34.8 Å². The number of anilines is 1. The molecule has 0 spiro atoms. The number of nitrogens with one attached hydrogen (secondary N) is 1. The molecule has 1 aromatic heterocycles. The van der Waals surface area contributed by atoms with Crippen LogP contribution in [0.2, 0.25) is 10.0 Å².